The van der Waals surface area contributed by atoms with Crippen molar-refractivity contribution in [2.45, 2.75) is 0 Å². The summed E-state index contributed by atoms with van der Waals surface area (Å²) in [5.74, 6) is 0.768. The molecule has 0 spiro atoms. The van der Waals surface area contributed by atoms with Crippen LogP contribution in [0.25, 0.3) is 12.2 Å². The molecule has 0 radical (unpaired) electrons. The van der Waals surface area contributed by atoms with Gasteiger partial charge in [0, 0.05) is 42.8 Å². The molecule has 0 unspecified atom stereocenters. The molecule has 1 amide bonds. The minimum atomic E-state index is -0.0540. The highest BCUT2D eigenvalue weighted by molar-refractivity contribution is 6.30. The van der Waals surface area contributed by atoms with E-state index in [-0.39, 0.29) is 11.6 Å². The van der Waals surface area contributed by atoms with Crippen LogP contribution in [0.5, 0.6) is 0 Å². The van der Waals surface area contributed by atoms with Gasteiger partial charge >= 0.3 is 0 Å². The maximum atomic E-state index is 12.7. The summed E-state index contributed by atoms with van der Waals surface area (Å²) in [7, 11) is 0. The van der Waals surface area contributed by atoms with Gasteiger partial charge in [0.2, 0.25) is 17.5 Å². The highest BCUT2D eigenvalue weighted by atomic mass is 35.5. The van der Waals surface area contributed by atoms with Gasteiger partial charge in [0.05, 0.1) is 0 Å². The monoisotopic (exact) mass is 418 g/mol. The second-order valence-corrected chi connectivity index (χ2v) is 7.29. The van der Waals surface area contributed by atoms with Crippen molar-refractivity contribution >= 4 is 35.5 Å². The van der Waals surface area contributed by atoms with E-state index >= 15 is 0 Å². The fourth-order valence-corrected chi connectivity index (χ4v) is 3.53. The van der Waals surface area contributed by atoms with Crippen molar-refractivity contribution in [1.29, 1.82) is 5.26 Å². The Morgan fingerprint density at radius 3 is 2.53 bits per heavy atom. The van der Waals surface area contributed by atoms with E-state index in [0.29, 0.717) is 48.5 Å². The quantitative estimate of drug-likeness (QED) is 0.630. The molecule has 1 saturated heterocycles. The lowest BCUT2D eigenvalue weighted by Gasteiger charge is -2.34. The Hall–Kier alpha value is -3.56. The van der Waals surface area contributed by atoms with E-state index in [2.05, 4.69) is 11.1 Å². The van der Waals surface area contributed by atoms with Crippen LogP contribution < -0.4 is 4.90 Å². The summed E-state index contributed by atoms with van der Waals surface area (Å²) in [6, 6.07) is 18.8. The van der Waals surface area contributed by atoms with E-state index < -0.39 is 0 Å². The van der Waals surface area contributed by atoms with Crippen molar-refractivity contribution in [3.05, 3.63) is 82.3 Å². The number of rotatable bonds is 4. The average Bonchev–Trinajstić information content (AvgIpc) is 3.21. The number of halogens is 1. The van der Waals surface area contributed by atoms with Crippen molar-refractivity contribution < 1.29 is 9.21 Å². The molecule has 1 aliphatic rings. The van der Waals surface area contributed by atoms with Gasteiger partial charge in [-0.1, -0.05) is 48.0 Å². The first kappa shape index (κ1) is 19.7. The van der Waals surface area contributed by atoms with Crippen LogP contribution in [0.4, 0.5) is 5.88 Å². The molecule has 0 atom stereocenters. The summed E-state index contributed by atoms with van der Waals surface area (Å²) in [5.41, 5.74) is 1.84. The number of aromatic nitrogens is 1. The van der Waals surface area contributed by atoms with E-state index in [1.165, 1.54) is 0 Å². The zero-order valence-corrected chi connectivity index (χ0v) is 16.9. The number of oxazole rings is 1. The number of nitriles is 1. The molecule has 0 aliphatic carbocycles. The minimum absolute atomic E-state index is 0.0540. The number of carbonyl (C=O) groups is 1. The zero-order valence-electron chi connectivity index (χ0n) is 16.2. The molecule has 3 aromatic rings. The molecule has 0 N–H and O–H groups in total. The van der Waals surface area contributed by atoms with Crippen LogP contribution in [-0.2, 0) is 0 Å². The van der Waals surface area contributed by atoms with Crippen LogP contribution in [0, 0.1) is 11.3 Å². The fourth-order valence-electron chi connectivity index (χ4n) is 3.34. The van der Waals surface area contributed by atoms with Crippen LogP contribution >= 0.6 is 11.6 Å². The molecule has 7 heteroatoms. The Morgan fingerprint density at radius 1 is 1.07 bits per heavy atom. The third kappa shape index (κ3) is 4.37. The number of hydrogen-bond acceptors (Lipinski definition) is 5. The highest BCUT2D eigenvalue weighted by Gasteiger charge is 2.26. The molecular formula is C23H19ClN4O2. The summed E-state index contributed by atoms with van der Waals surface area (Å²) in [6.45, 7) is 2.15. The lowest BCUT2D eigenvalue weighted by Crippen LogP contribution is -2.48. The van der Waals surface area contributed by atoms with Gasteiger partial charge in [-0.3, -0.25) is 4.79 Å². The van der Waals surface area contributed by atoms with Crippen molar-refractivity contribution in [2.24, 2.45) is 0 Å². The zero-order chi connectivity index (χ0) is 20.9. The fraction of sp³-hybridized carbons (Fsp3) is 0.174. The average molecular weight is 419 g/mol. The molecule has 0 saturated carbocycles. The van der Waals surface area contributed by atoms with E-state index in [0.717, 1.165) is 5.56 Å². The van der Waals surface area contributed by atoms with Crippen molar-refractivity contribution in [3.63, 3.8) is 0 Å². The lowest BCUT2D eigenvalue weighted by molar-refractivity contribution is 0.0745. The van der Waals surface area contributed by atoms with Crippen LogP contribution in [0.2, 0.25) is 5.02 Å². The lowest BCUT2D eigenvalue weighted by atomic mass is 10.2. The number of nitrogens with zero attached hydrogens (tertiary/aromatic N) is 4. The molecule has 0 bridgehead atoms. The smallest absolute Gasteiger partial charge is 0.254 e. The summed E-state index contributed by atoms with van der Waals surface area (Å²) in [6.07, 6.45) is 3.64. The van der Waals surface area contributed by atoms with Crippen LogP contribution in [-0.4, -0.2) is 42.0 Å². The summed E-state index contributed by atoms with van der Waals surface area (Å²) < 4.78 is 5.85. The van der Waals surface area contributed by atoms with E-state index in [9.17, 15) is 10.1 Å². The van der Waals surface area contributed by atoms with Crippen molar-refractivity contribution in [3.8, 4) is 6.07 Å². The molecule has 2 aromatic carbocycles. The number of anilines is 1. The number of hydrogen-bond donors (Lipinski definition) is 0. The normalized spacial score (nSPS) is 14.1. The van der Waals surface area contributed by atoms with Crippen molar-refractivity contribution in [2.75, 3.05) is 31.1 Å². The molecule has 1 aliphatic heterocycles. The Balaban J connectivity index is 1.44. The third-order valence-electron chi connectivity index (χ3n) is 4.88. The van der Waals surface area contributed by atoms with Crippen LogP contribution in [0.3, 0.4) is 0 Å². The number of carbonyl (C=O) groups excluding carboxylic acids is 1. The topological polar surface area (TPSA) is 73.4 Å². The maximum Gasteiger partial charge on any atom is 0.254 e. The first-order valence-electron chi connectivity index (χ1n) is 9.58. The summed E-state index contributed by atoms with van der Waals surface area (Å²) >= 11 is 6.00. The maximum absolute atomic E-state index is 12.7. The molecule has 30 heavy (non-hydrogen) atoms. The van der Waals surface area contributed by atoms with E-state index in [1.807, 2.05) is 41.3 Å². The molecule has 6 nitrogen and oxygen atoms in total. The van der Waals surface area contributed by atoms with Gasteiger partial charge in [-0.2, -0.15) is 10.2 Å². The SMILES string of the molecule is N#Cc1nc(/C=C/c2ccccc2)oc1N1CCN(C(=O)c2cccc(Cl)c2)CC1. The van der Waals surface area contributed by atoms with E-state index in [4.69, 9.17) is 16.0 Å². The number of piperazine rings is 1. The standard InChI is InChI=1S/C23H19ClN4O2/c24-19-8-4-7-18(15-19)22(29)27-11-13-28(14-12-27)23-20(16-25)26-21(30-23)10-9-17-5-2-1-3-6-17/h1-10,15H,11-14H2/b10-9+. The Labute approximate surface area is 179 Å². The van der Waals surface area contributed by atoms with Gasteiger partial charge in [0.15, 0.2) is 0 Å². The van der Waals surface area contributed by atoms with Crippen LogP contribution in [0.15, 0.2) is 59.0 Å². The predicted molar refractivity (Wildman–Crippen MR) is 116 cm³/mol. The first-order chi connectivity index (χ1) is 14.6. The molecule has 1 aromatic heterocycles. The Kier molecular flexibility index (Phi) is 5.82. The Morgan fingerprint density at radius 2 is 1.83 bits per heavy atom. The van der Waals surface area contributed by atoms with Gasteiger partial charge in [-0.15, -0.1) is 0 Å². The summed E-state index contributed by atoms with van der Waals surface area (Å²) in [5, 5.41) is 10.0. The van der Waals surface area contributed by atoms with Gasteiger partial charge in [-0.25, -0.2) is 0 Å². The van der Waals surface area contributed by atoms with Gasteiger partial charge in [-0.05, 0) is 29.8 Å². The molecule has 4 rings (SSSR count). The minimum Gasteiger partial charge on any atom is -0.420 e. The molecule has 1 fully saturated rings. The second kappa shape index (κ2) is 8.85. The molecule has 2 heterocycles. The second-order valence-electron chi connectivity index (χ2n) is 6.85. The molecular weight excluding hydrogens is 400 g/mol. The van der Waals surface area contributed by atoms with E-state index in [1.54, 1.807) is 35.2 Å². The largest absolute Gasteiger partial charge is 0.420 e. The first-order valence-corrected chi connectivity index (χ1v) is 9.95. The number of benzene rings is 2. The third-order valence-corrected chi connectivity index (χ3v) is 5.11. The summed E-state index contributed by atoms with van der Waals surface area (Å²) in [4.78, 5) is 20.7. The Bertz CT molecular complexity index is 1110. The van der Waals surface area contributed by atoms with Crippen molar-refractivity contribution in [1.82, 2.24) is 9.88 Å². The number of amides is 1. The highest BCUT2D eigenvalue weighted by Crippen LogP contribution is 2.25. The van der Waals surface area contributed by atoms with Crippen LogP contribution in [0.1, 0.15) is 27.5 Å². The van der Waals surface area contributed by atoms with Gasteiger partial charge < -0.3 is 14.2 Å². The van der Waals surface area contributed by atoms with Gasteiger partial charge in [0.25, 0.3) is 5.91 Å². The van der Waals surface area contributed by atoms with Gasteiger partial charge in [0.1, 0.15) is 6.07 Å². The molecule has 150 valence electrons. The predicted octanol–water partition coefficient (Wildman–Crippen LogP) is 4.33.